The van der Waals surface area contributed by atoms with Gasteiger partial charge in [0.2, 0.25) is 5.82 Å². The zero-order chi connectivity index (χ0) is 14.5. The van der Waals surface area contributed by atoms with Gasteiger partial charge in [-0.15, -0.1) is 10.2 Å². The number of aromatic amines is 1. The Hall–Kier alpha value is -2.53. The van der Waals surface area contributed by atoms with Gasteiger partial charge in [-0.2, -0.15) is 15.7 Å². The number of hydrogen-bond acceptors (Lipinski definition) is 6. The standard InChI is InChI=1S/C11H5FIN7/c12-10-7(4-15)9(2-1-8(10)13)16-5-6(3-14)11-17-19-20-18-11/h1-2,5,16H,(H,17,18,19,20). The number of tetrazole rings is 1. The van der Waals surface area contributed by atoms with Crippen molar-refractivity contribution in [2.75, 3.05) is 5.32 Å². The monoisotopic (exact) mass is 381 g/mol. The maximum Gasteiger partial charge on any atom is 0.216 e. The first kappa shape index (κ1) is 13.9. The molecule has 7 nitrogen and oxygen atoms in total. The molecule has 0 saturated carbocycles. The second-order valence-corrected chi connectivity index (χ2v) is 4.61. The molecule has 2 aromatic rings. The maximum atomic E-state index is 13.7. The number of benzene rings is 1. The average Bonchev–Trinajstić information content (AvgIpc) is 2.97. The van der Waals surface area contributed by atoms with Crippen LogP contribution in [0.2, 0.25) is 0 Å². The Morgan fingerprint density at radius 1 is 1.45 bits per heavy atom. The molecule has 9 heteroatoms. The van der Waals surface area contributed by atoms with E-state index in [4.69, 9.17) is 10.5 Å². The Kier molecular flexibility index (Phi) is 4.22. The van der Waals surface area contributed by atoms with Crippen molar-refractivity contribution in [2.24, 2.45) is 0 Å². The minimum absolute atomic E-state index is 0.0987. The van der Waals surface area contributed by atoms with Crippen molar-refractivity contribution in [3.05, 3.63) is 39.1 Å². The minimum atomic E-state index is -0.607. The molecule has 20 heavy (non-hydrogen) atoms. The summed E-state index contributed by atoms with van der Waals surface area (Å²) in [6, 6.07) is 6.72. The van der Waals surface area contributed by atoms with E-state index in [1.807, 2.05) is 6.07 Å². The summed E-state index contributed by atoms with van der Waals surface area (Å²) in [7, 11) is 0. The summed E-state index contributed by atoms with van der Waals surface area (Å²) < 4.78 is 14.1. The summed E-state index contributed by atoms with van der Waals surface area (Å²) in [5, 5.41) is 33.5. The number of halogens is 2. The van der Waals surface area contributed by atoms with Gasteiger partial charge in [0.25, 0.3) is 0 Å². The van der Waals surface area contributed by atoms with E-state index in [0.29, 0.717) is 3.57 Å². The molecule has 0 aliphatic heterocycles. The van der Waals surface area contributed by atoms with E-state index < -0.39 is 5.82 Å². The second-order valence-electron chi connectivity index (χ2n) is 3.45. The quantitative estimate of drug-likeness (QED) is 0.619. The van der Waals surface area contributed by atoms with Crippen molar-refractivity contribution in [2.45, 2.75) is 0 Å². The predicted octanol–water partition coefficient (Wildman–Crippen LogP) is 1.79. The van der Waals surface area contributed by atoms with Crippen LogP contribution in [0.4, 0.5) is 10.1 Å². The lowest BCUT2D eigenvalue weighted by Gasteiger charge is -2.05. The van der Waals surface area contributed by atoms with Crippen LogP contribution in [0.5, 0.6) is 0 Å². The fourth-order valence-electron chi connectivity index (χ4n) is 1.35. The van der Waals surface area contributed by atoms with Gasteiger partial charge in [0.15, 0.2) is 5.82 Å². The van der Waals surface area contributed by atoms with E-state index in [0.717, 1.165) is 0 Å². The van der Waals surface area contributed by atoms with Crippen molar-refractivity contribution in [1.29, 1.82) is 10.5 Å². The molecule has 0 radical (unpaired) electrons. The second kappa shape index (κ2) is 6.08. The zero-order valence-corrected chi connectivity index (χ0v) is 11.9. The lowest BCUT2D eigenvalue weighted by atomic mass is 10.2. The van der Waals surface area contributed by atoms with Gasteiger partial charge < -0.3 is 5.32 Å². The normalized spacial score (nSPS) is 10.7. The zero-order valence-electron chi connectivity index (χ0n) is 9.72. The largest absolute Gasteiger partial charge is 0.359 e. The number of hydrogen-bond donors (Lipinski definition) is 2. The van der Waals surface area contributed by atoms with E-state index in [1.165, 1.54) is 12.3 Å². The van der Waals surface area contributed by atoms with Gasteiger partial charge in [-0.25, -0.2) is 4.39 Å². The number of allylic oxidation sites excluding steroid dienone is 1. The summed E-state index contributed by atoms with van der Waals surface area (Å²) in [6.07, 6.45) is 1.29. The molecule has 0 unspecified atom stereocenters. The highest BCUT2D eigenvalue weighted by molar-refractivity contribution is 14.1. The molecule has 0 atom stereocenters. The lowest BCUT2D eigenvalue weighted by Crippen LogP contribution is -1.98. The molecule has 1 heterocycles. The molecule has 98 valence electrons. The molecule has 0 aliphatic carbocycles. The van der Waals surface area contributed by atoms with Crippen LogP contribution in [0.25, 0.3) is 5.57 Å². The number of rotatable bonds is 3. The average molecular weight is 381 g/mol. The topological polar surface area (TPSA) is 114 Å². The number of nitrogens with one attached hydrogen (secondary N) is 2. The number of nitriles is 2. The summed E-state index contributed by atoms with van der Waals surface area (Å²) in [5.41, 5.74) is 0.224. The van der Waals surface area contributed by atoms with Gasteiger partial charge in [0.1, 0.15) is 23.3 Å². The Labute approximate surface area is 126 Å². The van der Waals surface area contributed by atoms with Gasteiger partial charge in [-0.1, -0.05) is 0 Å². The van der Waals surface area contributed by atoms with Gasteiger partial charge in [-0.3, -0.25) is 0 Å². The van der Waals surface area contributed by atoms with Crippen LogP contribution >= 0.6 is 22.6 Å². The highest BCUT2D eigenvalue weighted by Gasteiger charge is 2.12. The number of nitrogens with zero attached hydrogens (tertiary/aromatic N) is 5. The van der Waals surface area contributed by atoms with Gasteiger partial charge in [0.05, 0.1) is 9.26 Å². The highest BCUT2D eigenvalue weighted by Crippen LogP contribution is 2.23. The van der Waals surface area contributed by atoms with E-state index in [-0.39, 0.29) is 22.6 Å². The predicted molar refractivity (Wildman–Crippen MR) is 75.2 cm³/mol. The third kappa shape index (κ3) is 2.73. The summed E-state index contributed by atoms with van der Waals surface area (Å²) >= 11 is 1.79. The number of aromatic nitrogens is 4. The Morgan fingerprint density at radius 2 is 2.25 bits per heavy atom. The molecule has 0 aliphatic rings. The smallest absolute Gasteiger partial charge is 0.216 e. The van der Waals surface area contributed by atoms with Crippen LogP contribution in [0, 0.1) is 32.0 Å². The summed E-state index contributed by atoms with van der Waals surface area (Å²) in [6.45, 7) is 0. The molecule has 0 bridgehead atoms. The lowest BCUT2D eigenvalue weighted by molar-refractivity contribution is 0.617. The maximum absolute atomic E-state index is 13.7. The highest BCUT2D eigenvalue weighted by atomic mass is 127. The molecule has 0 fully saturated rings. The molecule has 2 rings (SSSR count). The van der Waals surface area contributed by atoms with E-state index in [9.17, 15) is 4.39 Å². The van der Waals surface area contributed by atoms with Crippen molar-refractivity contribution in [3.8, 4) is 12.1 Å². The summed E-state index contributed by atoms with van der Waals surface area (Å²) in [5.74, 6) is -0.505. The number of H-pyrrole nitrogens is 1. The van der Waals surface area contributed by atoms with Crippen LogP contribution < -0.4 is 5.32 Å². The summed E-state index contributed by atoms with van der Waals surface area (Å²) in [4.78, 5) is 0. The Balaban J connectivity index is 2.34. The van der Waals surface area contributed by atoms with E-state index in [1.54, 1.807) is 34.7 Å². The Morgan fingerprint density at radius 3 is 2.85 bits per heavy atom. The molecule has 0 spiro atoms. The molecular formula is C11H5FIN7. The van der Waals surface area contributed by atoms with Crippen LogP contribution in [0.3, 0.4) is 0 Å². The first-order valence-electron chi connectivity index (χ1n) is 5.16. The minimum Gasteiger partial charge on any atom is -0.359 e. The van der Waals surface area contributed by atoms with E-state index >= 15 is 0 Å². The van der Waals surface area contributed by atoms with Crippen molar-refractivity contribution < 1.29 is 4.39 Å². The third-order valence-electron chi connectivity index (χ3n) is 2.29. The van der Waals surface area contributed by atoms with Gasteiger partial charge >= 0.3 is 0 Å². The molecule has 2 N–H and O–H groups in total. The van der Waals surface area contributed by atoms with Crippen molar-refractivity contribution in [1.82, 2.24) is 20.6 Å². The molecule has 0 saturated heterocycles. The van der Waals surface area contributed by atoms with Crippen LogP contribution in [-0.2, 0) is 0 Å². The fraction of sp³-hybridized carbons (Fsp3) is 0. The Bertz CT molecular complexity index is 739. The van der Waals surface area contributed by atoms with E-state index in [2.05, 4.69) is 25.9 Å². The van der Waals surface area contributed by atoms with Crippen LogP contribution in [0.15, 0.2) is 18.3 Å². The first-order chi connectivity index (χ1) is 9.67. The van der Waals surface area contributed by atoms with Crippen molar-refractivity contribution in [3.63, 3.8) is 0 Å². The first-order valence-corrected chi connectivity index (χ1v) is 6.24. The molecule has 0 amide bonds. The van der Waals surface area contributed by atoms with Gasteiger partial charge in [-0.05, 0) is 39.9 Å². The molecule has 1 aromatic carbocycles. The SMILES string of the molecule is N#CC(=CNc1ccc(I)c(F)c1C#N)c1nn[nH]n1. The van der Waals surface area contributed by atoms with Crippen LogP contribution in [0.1, 0.15) is 11.4 Å². The third-order valence-corrected chi connectivity index (χ3v) is 3.12. The number of anilines is 1. The molecular weight excluding hydrogens is 376 g/mol. The van der Waals surface area contributed by atoms with Crippen LogP contribution in [-0.4, -0.2) is 20.6 Å². The fourth-order valence-corrected chi connectivity index (χ4v) is 1.80. The van der Waals surface area contributed by atoms with Gasteiger partial charge in [0, 0.05) is 6.20 Å². The van der Waals surface area contributed by atoms with Crippen molar-refractivity contribution >= 4 is 33.9 Å². The molecule has 1 aromatic heterocycles.